The van der Waals surface area contributed by atoms with Crippen LogP contribution in [0.3, 0.4) is 0 Å². The van der Waals surface area contributed by atoms with Gasteiger partial charge in [-0.3, -0.25) is 4.79 Å². The molecule has 1 rings (SSSR count). The fraction of sp³-hybridized carbons (Fsp3) is 0.364. The average Bonchev–Trinajstić information content (AvgIpc) is 2.28. The molecule has 0 atom stereocenters. The van der Waals surface area contributed by atoms with Gasteiger partial charge in [0.2, 0.25) is 0 Å². The van der Waals surface area contributed by atoms with Crippen molar-refractivity contribution in [3.05, 3.63) is 34.1 Å². The summed E-state index contributed by atoms with van der Waals surface area (Å²) in [6.07, 6.45) is 0.530. The van der Waals surface area contributed by atoms with Crippen molar-refractivity contribution in [3.8, 4) is 0 Å². The topological polar surface area (TPSA) is 38.3 Å². The van der Waals surface area contributed by atoms with Gasteiger partial charge >= 0.3 is 5.97 Å². The minimum Gasteiger partial charge on any atom is -0.468 e. The van der Waals surface area contributed by atoms with Crippen molar-refractivity contribution in [3.63, 3.8) is 0 Å². The highest BCUT2D eigenvalue weighted by molar-refractivity contribution is 9.10. The summed E-state index contributed by atoms with van der Waals surface area (Å²) in [5.41, 5.74) is 0.617. The van der Waals surface area contributed by atoms with Crippen LogP contribution >= 0.6 is 15.9 Å². The highest BCUT2D eigenvalue weighted by Crippen LogP contribution is 2.15. The van der Waals surface area contributed by atoms with Crippen molar-refractivity contribution in [2.24, 2.45) is 0 Å². The molecule has 1 aromatic rings. The lowest BCUT2D eigenvalue weighted by Gasteiger charge is -2.05. The maximum absolute atomic E-state index is 13.3. The molecule has 0 saturated carbocycles. The van der Waals surface area contributed by atoms with Gasteiger partial charge in [-0.1, -0.05) is 15.9 Å². The molecular formula is C11H13BrFNO2. The van der Waals surface area contributed by atoms with E-state index in [0.29, 0.717) is 18.5 Å². The summed E-state index contributed by atoms with van der Waals surface area (Å²) in [6, 6.07) is 4.80. The standard InChI is InChI=1S/C11H13BrFNO2/c1-16-11(15)7-14-5-4-8-6-9(12)2-3-10(8)13/h2-3,6,14H,4-5,7H2,1H3. The Bertz CT molecular complexity index is 371. The molecule has 0 aliphatic carbocycles. The summed E-state index contributed by atoms with van der Waals surface area (Å²) in [7, 11) is 1.33. The summed E-state index contributed by atoms with van der Waals surface area (Å²) in [5, 5.41) is 2.87. The fourth-order valence-corrected chi connectivity index (χ4v) is 1.63. The Morgan fingerprint density at radius 1 is 1.56 bits per heavy atom. The second-order valence-corrected chi connectivity index (χ2v) is 4.15. The SMILES string of the molecule is COC(=O)CNCCc1cc(Br)ccc1F. The van der Waals surface area contributed by atoms with Gasteiger partial charge in [-0.15, -0.1) is 0 Å². The van der Waals surface area contributed by atoms with E-state index in [2.05, 4.69) is 26.0 Å². The Labute approximate surface area is 102 Å². The number of rotatable bonds is 5. The summed E-state index contributed by atoms with van der Waals surface area (Å²) < 4.78 is 18.6. The smallest absolute Gasteiger partial charge is 0.319 e. The number of benzene rings is 1. The molecule has 0 aromatic heterocycles. The molecule has 88 valence electrons. The zero-order valence-electron chi connectivity index (χ0n) is 8.93. The maximum atomic E-state index is 13.3. The molecule has 0 unspecified atom stereocenters. The van der Waals surface area contributed by atoms with Gasteiger partial charge in [-0.25, -0.2) is 4.39 Å². The van der Waals surface area contributed by atoms with Crippen LogP contribution in [0.2, 0.25) is 0 Å². The van der Waals surface area contributed by atoms with Crippen LogP contribution in [0.5, 0.6) is 0 Å². The molecule has 0 saturated heterocycles. The number of ether oxygens (including phenoxy) is 1. The number of nitrogens with one attached hydrogen (secondary N) is 1. The third-order valence-corrected chi connectivity index (χ3v) is 2.57. The van der Waals surface area contributed by atoms with Crippen molar-refractivity contribution in [1.82, 2.24) is 5.32 Å². The van der Waals surface area contributed by atoms with Gasteiger partial charge in [-0.2, -0.15) is 0 Å². The molecule has 16 heavy (non-hydrogen) atoms. The lowest BCUT2D eigenvalue weighted by Crippen LogP contribution is -2.26. The molecule has 0 fully saturated rings. The van der Waals surface area contributed by atoms with Crippen LogP contribution in [0.4, 0.5) is 4.39 Å². The molecule has 0 bridgehead atoms. The first kappa shape index (κ1) is 13.1. The zero-order valence-corrected chi connectivity index (χ0v) is 10.5. The molecule has 0 spiro atoms. The molecule has 0 amide bonds. The van der Waals surface area contributed by atoms with Gasteiger partial charge in [-0.05, 0) is 36.7 Å². The monoisotopic (exact) mass is 289 g/mol. The van der Waals surface area contributed by atoms with Crippen molar-refractivity contribution in [2.45, 2.75) is 6.42 Å². The zero-order chi connectivity index (χ0) is 12.0. The van der Waals surface area contributed by atoms with Crippen molar-refractivity contribution in [1.29, 1.82) is 0 Å². The summed E-state index contributed by atoms with van der Waals surface area (Å²) in [4.78, 5) is 10.8. The molecule has 5 heteroatoms. The first-order chi connectivity index (χ1) is 7.63. The normalized spacial score (nSPS) is 10.2. The summed E-state index contributed by atoms with van der Waals surface area (Å²) in [5.74, 6) is -0.558. The highest BCUT2D eigenvalue weighted by Gasteiger charge is 2.03. The summed E-state index contributed by atoms with van der Waals surface area (Å²) >= 11 is 3.28. The Morgan fingerprint density at radius 3 is 3.00 bits per heavy atom. The predicted octanol–water partition coefficient (Wildman–Crippen LogP) is 1.89. The first-order valence-electron chi connectivity index (χ1n) is 4.85. The van der Waals surface area contributed by atoms with Gasteiger partial charge in [0, 0.05) is 4.47 Å². The second kappa shape index (κ2) is 6.60. The van der Waals surface area contributed by atoms with Crippen LogP contribution < -0.4 is 5.32 Å². The van der Waals surface area contributed by atoms with Crippen molar-refractivity contribution in [2.75, 3.05) is 20.2 Å². The van der Waals surface area contributed by atoms with E-state index in [-0.39, 0.29) is 18.3 Å². The Balaban J connectivity index is 2.37. The van der Waals surface area contributed by atoms with Gasteiger partial charge in [0.1, 0.15) is 5.82 Å². The molecule has 3 nitrogen and oxygen atoms in total. The Kier molecular flexibility index (Phi) is 5.42. The second-order valence-electron chi connectivity index (χ2n) is 3.24. The molecule has 0 radical (unpaired) electrons. The molecule has 1 aromatic carbocycles. The van der Waals surface area contributed by atoms with Crippen LogP contribution in [0.1, 0.15) is 5.56 Å². The van der Waals surface area contributed by atoms with Crippen LogP contribution in [-0.2, 0) is 16.0 Å². The van der Waals surface area contributed by atoms with E-state index < -0.39 is 0 Å². The molecule has 0 aliphatic heterocycles. The molecule has 0 aliphatic rings. The number of carbonyl (C=O) groups excluding carboxylic acids is 1. The van der Waals surface area contributed by atoms with E-state index in [1.807, 2.05) is 0 Å². The van der Waals surface area contributed by atoms with E-state index >= 15 is 0 Å². The van der Waals surface area contributed by atoms with Gasteiger partial charge in [0.25, 0.3) is 0 Å². The van der Waals surface area contributed by atoms with Gasteiger partial charge in [0.15, 0.2) is 0 Å². The van der Waals surface area contributed by atoms with Crippen LogP contribution in [-0.4, -0.2) is 26.2 Å². The van der Waals surface area contributed by atoms with Gasteiger partial charge in [0.05, 0.1) is 13.7 Å². The summed E-state index contributed by atoms with van der Waals surface area (Å²) in [6.45, 7) is 0.675. The minimum atomic E-state index is -0.324. The number of carbonyl (C=O) groups is 1. The lowest BCUT2D eigenvalue weighted by molar-refractivity contribution is -0.139. The first-order valence-corrected chi connectivity index (χ1v) is 5.64. The van der Waals surface area contributed by atoms with Crippen molar-refractivity contribution < 1.29 is 13.9 Å². The highest BCUT2D eigenvalue weighted by atomic mass is 79.9. The average molecular weight is 290 g/mol. The molecular weight excluding hydrogens is 277 g/mol. The maximum Gasteiger partial charge on any atom is 0.319 e. The molecule has 0 heterocycles. The Morgan fingerprint density at radius 2 is 2.31 bits per heavy atom. The van der Waals surface area contributed by atoms with Crippen LogP contribution in [0, 0.1) is 5.82 Å². The predicted molar refractivity (Wildman–Crippen MR) is 62.7 cm³/mol. The third-order valence-electron chi connectivity index (χ3n) is 2.08. The molecule has 1 N–H and O–H groups in total. The quantitative estimate of drug-likeness (QED) is 0.665. The van der Waals surface area contributed by atoms with Gasteiger partial charge < -0.3 is 10.1 Å². The van der Waals surface area contributed by atoms with Crippen LogP contribution in [0.15, 0.2) is 22.7 Å². The third kappa shape index (κ3) is 4.28. The number of hydrogen-bond donors (Lipinski definition) is 1. The largest absolute Gasteiger partial charge is 0.468 e. The van der Waals surface area contributed by atoms with Crippen LogP contribution in [0.25, 0.3) is 0 Å². The Hall–Kier alpha value is -0.940. The van der Waals surface area contributed by atoms with E-state index in [4.69, 9.17) is 0 Å². The fourth-order valence-electron chi connectivity index (χ4n) is 1.22. The number of hydrogen-bond acceptors (Lipinski definition) is 3. The van der Waals surface area contributed by atoms with E-state index in [0.717, 1.165) is 4.47 Å². The van der Waals surface area contributed by atoms with E-state index in [9.17, 15) is 9.18 Å². The lowest BCUT2D eigenvalue weighted by atomic mass is 10.1. The number of halogens is 2. The van der Waals surface area contributed by atoms with E-state index in [1.54, 1.807) is 12.1 Å². The van der Waals surface area contributed by atoms with E-state index in [1.165, 1.54) is 13.2 Å². The minimum absolute atomic E-state index is 0.145. The number of esters is 1. The number of methoxy groups -OCH3 is 1. The van der Waals surface area contributed by atoms with Crippen molar-refractivity contribution >= 4 is 21.9 Å².